The van der Waals surface area contributed by atoms with Gasteiger partial charge in [-0.2, -0.15) is 0 Å². The zero-order valence-electron chi connectivity index (χ0n) is 10.3. The van der Waals surface area contributed by atoms with Crippen LogP contribution in [0.5, 0.6) is 0 Å². The Balaban J connectivity index is 1.85. The van der Waals surface area contributed by atoms with Crippen LogP contribution in [0.15, 0.2) is 29.6 Å². The number of benzene rings is 1. The Morgan fingerprint density at radius 1 is 1.39 bits per heavy atom. The number of nitrogens with zero attached hydrogens (tertiary/aromatic N) is 2. The van der Waals surface area contributed by atoms with Crippen molar-refractivity contribution < 1.29 is 4.39 Å². The summed E-state index contributed by atoms with van der Waals surface area (Å²) in [6.45, 7) is 1.43. The highest BCUT2D eigenvalue weighted by Crippen LogP contribution is 2.13. The van der Waals surface area contributed by atoms with E-state index in [-0.39, 0.29) is 5.82 Å². The number of hydrogen-bond donors (Lipinski definition) is 1. The molecule has 96 valence electrons. The maximum atomic E-state index is 13.5. The highest BCUT2D eigenvalue weighted by Gasteiger charge is 2.06. The number of likely N-dealkylation sites (N-methyl/N-ethyl adjacent to an activating group) is 1. The van der Waals surface area contributed by atoms with Crippen LogP contribution in [0.1, 0.15) is 11.3 Å². The van der Waals surface area contributed by atoms with E-state index in [4.69, 9.17) is 5.73 Å². The number of nitrogens with two attached hydrogens (primary N) is 1. The van der Waals surface area contributed by atoms with Crippen molar-refractivity contribution in [2.24, 2.45) is 0 Å². The van der Waals surface area contributed by atoms with Crippen LogP contribution in [0.25, 0.3) is 0 Å². The molecule has 0 atom stereocenters. The molecular formula is C13H16FN3S. The summed E-state index contributed by atoms with van der Waals surface area (Å²) >= 11 is 1.45. The van der Waals surface area contributed by atoms with Crippen LogP contribution in [-0.4, -0.2) is 23.5 Å². The molecule has 0 spiro atoms. The second kappa shape index (κ2) is 5.93. The first-order valence-corrected chi connectivity index (χ1v) is 6.65. The standard InChI is InChI=1S/C13H16FN3S/c1-17(7-6-11-9-18-13(15)16-11)8-10-4-2-3-5-12(10)14/h2-5,9H,6-8H2,1H3,(H2,15,16). The lowest BCUT2D eigenvalue weighted by molar-refractivity contribution is 0.324. The van der Waals surface area contributed by atoms with Crippen molar-refractivity contribution in [3.63, 3.8) is 0 Å². The van der Waals surface area contributed by atoms with E-state index in [0.717, 1.165) is 24.2 Å². The van der Waals surface area contributed by atoms with Crippen LogP contribution in [0.2, 0.25) is 0 Å². The van der Waals surface area contributed by atoms with Gasteiger partial charge >= 0.3 is 0 Å². The van der Waals surface area contributed by atoms with Crippen LogP contribution in [0, 0.1) is 5.82 Å². The number of rotatable bonds is 5. The van der Waals surface area contributed by atoms with E-state index < -0.39 is 0 Å². The smallest absolute Gasteiger partial charge is 0.180 e. The van der Waals surface area contributed by atoms with Crippen molar-refractivity contribution in [3.05, 3.63) is 46.7 Å². The Morgan fingerprint density at radius 3 is 2.83 bits per heavy atom. The predicted molar refractivity (Wildman–Crippen MR) is 73.0 cm³/mol. The van der Waals surface area contributed by atoms with Crippen molar-refractivity contribution in [2.75, 3.05) is 19.3 Å². The molecular weight excluding hydrogens is 249 g/mol. The minimum absolute atomic E-state index is 0.151. The summed E-state index contributed by atoms with van der Waals surface area (Å²) in [4.78, 5) is 6.28. The third-order valence-electron chi connectivity index (χ3n) is 2.72. The van der Waals surface area contributed by atoms with E-state index in [0.29, 0.717) is 11.7 Å². The molecule has 0 bridgehead atoms. The SMILES string of the molecule is CN(CCc1csc(N)n1)Cc1ccccc1F. The van der Waals surface area contributed by atoms with Crippen LogP contribution >= 0.6 is 11.3 Å². The van der Waals surface area contributed by atoms with Gasteiger partial charge in [-0.15, -0.1) is 11.3 Å². The number of thiazole rings is 1. The van der Waals surface area contributed by atoms with E-state index >= 15 is 0 Å². The molecule has 1 heterocycles. The minimum atomic E-state index is -0.151. The van der Waals surface area contributed by atoms with Crippen LogP contribution in [0.4, 0.5) is 9.52 Å². The first kappa shape index (κ1) is 13.0. The third-order valence-corrected chi connectivity index (χ3v) is 3.44. The van der Waals surface area contributed by atoms with Crippen molar-refractivity contribution in [3.8, 4) is 0 Å². The molecule has 0 radical (unpaired) electrons. The molecule has 0 aliphatic rings. The molecule has 3 nitrogen and oxygen atoms in total. The third kappa shape index (κ3) is 3.51. The Bertz CT molecular complexity index is 512. The summed E-state index contributed by atoms with van der Waals surface area (Å²) in [6, 6.07) is 6.86. The minimum Gasteiger partial charge on any atom is -0.375 e. The Hall–Kier alpha value is -1.46. The van der Waals surface area contributed by atoms with Gasteiger partial charge in [0.05, 0.1) is 5.69 Å². The number of anilines is 1. The molecule has 2 rings (SSSR count). The lowest BCUT2D eigenvalue weighted by Gasteiger charge is -2.16. The molecule has 18 heavy (non-hydrogen) atoms. The van der Waals surface area contributed by atoms with Gasteiger partial charge in [0.15, 0.2) is 5.13 Å². The highest BCUT2D eigenvalue weighted by molar-refractivity contribution is 7.13. The van der Waals surface area contributed by atoms with Gasteiger partial charge in [-0.3, -0.25) is 0 Å². The van der Waals surface area contributed by atoms with Gasteiger partial charge in [0, 0.05) is 30.5 Å². The van der Waals surface area contributed by atoms with E-state index in [1.165, 1.54) is 17.4 Å². The molecule has 0 aliphatic heterocycles. The maximum Gasteiger partial charge on any atom is 0.180 e. The van der Waals surface area contributed by atoms with Crippen molar-refractivity contribution in [2.45, 2.75) is 13.0 Å². The zero-order chi connectivity index (χ0) is 13.0. The summed E-state index contributed by atoms with van der Waals surface area (Å²) < 4.78 is 13.5. The van der Waals surface area contributed by atoms with Gasteiger partial charge in [-0.1, -0.05) is 18.2 Å². The largest absolute Gasteiger partial charge is 0.375 e. The van der Waals surface area contributed by atoms with Gasteiger partial charge in [-0.25, -0.2) is 9.37 Å². The fourth-order valence-electron chi connectivity index (χ4n) is 1.74. The first-order chi connectivity index (χ1) is 8.65. The molecule has 1 aromatic carbocycles. The van der Waals surface area contributed by atoms with Crippen molar-refractivity contribution in [1.82, 2.24) is 9.88 Å². The van der Waals surface area contributed by atoms with E-state index in [2.05, 4.69) is 9.88 Å². The number of halogens is 1. The monoisotopic (exact) mass is 265 g/mol. The summed E-state index contributed by atoms with van der Waals surface area (Å²) in [5, 5.41) is 2.56. The summed E-state index contributed by atoms with van der Waals surface area (Å²) in [6.07, 6.45) is 0.832. The zero-order valence-corrected chi connectivity index (χ0v) is 11.1. The molecule has 1 aromatic heterocycles. The topological polar surface area (TPSA) is 42.1 Å². The molecule has 0 saturated heterocycles. The van der Waals surface area contributed by atoms with Crippen LogP contribution < -0.4 is 5.73 Å². The molecule has 2 N–H and O–H groups in total. The Kier molecular flexibility index (Phi) is 4.28. The van der Waals surface area contributed by atoms with Gasteiger partial charge in [0.2, 0.25) is 0 Å². The maximum absolute atomic E-state index is 13.5. The normalized spacial score (nSPS) is 11.1. The Morgan fingerprint density at radius 2 is 2.17 bits per heavy atom. The fraction of sp³-hybridized carbons (Fsp3) is 0.308. The molecule has 0 fully saturated rings. The molecule has 0 amide bonds. The number of aromatic nitrogens is 1. The molecule has 0 saturated carbocycles. The average molecular weight is 265 g/mol. The van der Waals surface area contributed by atoms with Crippen molar-refractivity contribution in [1.29, 1.82) is 0 Å². The van der Waals surface area contributed by atoms with Crippen LogP contribution in [0.3, 0.4) is 0 Å². The van der Waals surface area contributed by atoms with Crippen molar-refractivity contribution >= 4 is 16.5 Å². The highest BCUT2D eigenvalue weighted by atomic mass is 32.1. The fourth-order valence-corrected chi connectivity index (χ4v) is 2.34. The summed E-state index contributed by atoms with van der Waals surface area (Å²) in [7, 11) is 1.97. The van der Waals surface area contributed by atoms with Gasteiger partial charge in [-0.05, 0) is 13.1 Å². The van der Waals surface area contributed by atoms with Crippen LogP contribution in [-0.2, 0) is 13.0 Å². The number of nitrogen functional groups attached to an aromatic ring is 1. The summed E-state index contributed by atoms with van der Waals surface area (Å²) in [5.41, 5.74) is 7.29. The average Bonchev–Trinajstić information content (AvgIpc) is 2.76. The molecule has 0 unspecified atom stereocenters. The lowest BCUT2D eigenvalue weighted by Crippen LogP contribution is -2.21. The quantitative estimate of drug-likeness (QED) is 0.903. The van der Waals surface area contributed by atoms with Gasteiger partial charge in [0.1, 0.15) is 5.82 Å². The second-order valence-corrected chi connectivity index (χ2v) is 5.15. The summed E-state index contributed by atoms with van der Waals surface area (Å²) in [5.74, 6) is -0.151. The number of hydrogen-bond acceptors (Lipinski definition) is 4. The Labute approximate surface area is 110 Å². The van der Waals surface area contributed by atoms with Gasteiger partial charge in [0.25, 0.3) is 0 Å². The predicted octanol–water partition coefficient (Wildman–Crippen LogP) is 2.54. The molecule has 2 aromatic rings. The van der Waals surface area contributed by atoms with E-state index in [1.54, 1.807) is 6.07 Å². The van der Waals surface area contributed by atoms with E-state index in [9.17, 15) is 4.39 Å². The first-order valence-electron chi connectivity index (χ1n) is 5.77. The molecule has 0 aliphatic carbocycles. The van der Waals surface area contributed by atoms with Gasteiger partial charge < -0.3 is 10.6 Å². The molecule has 5 heteroatoms. The lowest BCUT2D eigenvalue weighted by atomic mass is 10.2. The van der Waals surface area contributed by atoms with E-state index in [1.807, 2.05) is 24.6 Å². The second-order valence-electron chi connectivity index (χ2n) is 4.26.